The van der Waals surface area contributed by atoms with E-state index in [9.17, 15) is 9.18 Å². The van der Waals surface area contributed by atoms with Crippen molar-refractivity contribution in [2.45, 2.75) is 26.3 Å². The number of rotatable bonds is 4. The highest BCUT2D eigenvalue weighted by Crippen LogP contribution is 2.33. The molecule has 1 aliphatic rings. The minimum Gasteiger partial charge on any atom is -0.478 e. The van der Waals surface area contributed by atoms with Crippen molar-refractivity contribution in [2.75, 3.05) is 12.3 Å². The van der Waals surface area contributed by atoms with Crippen LogP contribution in [0.3, 0.4) is 0 Å². The topological polar surface area (TPSA) is 116 Å². The smallest absolute Gasteiger partial charge is 0.255 e. The van der Waals surface area contributed by atoms with Crippen LogP contribution in [0, 0.1) is 12.7 Å². The predicted molar refractivity (Wildman–Crippen MR) is 104 cm³/mol. The number of benzene rings is 1. The van der Waals surface area contributed by atoms with Crippen LogP contribution in [0.1, 0.15) is 40.3 Å². The minimum atomic E-state index is -0.446. The van der Waals surface area contributed by atoms with E-state index in [2.05, 4.69) is 25.3 Å². The molecule has 0 radical (unpaired) electrons. The third-order valence-electron chi connectivity index (χ3n) is 4.67. The quantitative estimate of drug-likeness (QED) is 0.698. The summed E-state index contributed by atoms with van der Waals surface area (Å²) in [6.07, 6.45) is 1.94. The first kappa shape index (κ1) is 18.7. The van der Waals surface area contributed by atoms with Crippen LogP contribution in [-0.2, 0) is 6.42 Å². The summed E-state index contributed by atoms with van der Waals surface area (Å²) in [5.74, 6) is 0.0830. The van der Waals surface area contributed by atoms with Crippen molar-refractivity contribution in [3.05, 3.63) is 58.8 Å². The summed E-state index contributed by atoms with van der Waals surface area (Å²) < 4.78 is 19.5. The van der Waals surface area contributed by atoms with Gasteiger partial charge >= 0.3 is 0 Å². The molecule has 148 valence electrons. The molecule has 0 unspecified atom stereocenters. The van der Waals surface area contributed by atoms with Gasteiger partial charge in [0.2, 0.25) is 11.8 Å². The molecular weight excluding hydrogens is 375 g/mol. The van der Waals surface area contributed by atoms with E-state index in [0.29, 0.717) is 52.8 Å². The number of halogens is 1. The normalized spacial score (nSPS) is 15.6. The van der Waals surface area contributed by atoms with E-state index in [1.807, 2.05) is 6.92 Å². The van der Waals surface area contributed by atoms with Gasteiger partial charge in [-0.15, -0.1) is 0 Å². The van der Waals surface area contributed by atoms with Crippen LogP contribution < -0.4 is 15.8 Å². The molecule has 0 saturated heterocycles. The lowest BCUT2D eigenvalue weighted by molar-refractivity contribution is 0.0922. The van der Waals surface area contributed by atoms with Gasteiger partial charge in [0, 0.05) is 24.2 Å². The summed E-state index contributed by atoms with van der Waals surface area (Å²) in [6.45, 7) is 4.01. The van der Waals surface area contributed by atoms with Gasteiger partial charge in [0.05, 0.1) is 29.6 Å². The first-order valence-corrected chi connectivity index (χ1v) is 9.15. The lowest BCUT2D eigenvalue weighted by Gasteiger charge is -2.27. The number of hydrogen-bond donors (Lipinski definition) is 2. The molecule has 3 N–H and O–H groups in total. The minimum absolute atomic E-state index is 0.113. The molecule has 0 saturated carbocycles. The number of anilines is 1. The molecule has 0 aliphatic carbocycles. The third kappa shape index (κ3) is 3.58. The summed E-state index contributed by atoms with van der Waals surface area (Å²) in [4.78, 5) is 29.6. The highest BCUT2D eigenvalue weighted by atomic mass is 19.1. The molecule has 4 rings (SSSR count). The maximum atomic E-state index is 14.1. The van der Waals surface area contributed by atoms with E-state index in [-0.39, 0.29) is 11.9 Å². The first-order valence-electron chi connectivity index (χ1n) is 9.15. The van der Waals surface area contributed by atoms with Crippen LogP contribution in [0.25, 0.3) is 11.4 Å². The van der Waals surface area contributed by atoms with E-state index in [1.54, 1.807) is 25.3 Å². The molecule has 29 heavy (non-hydrogen) atoms. The molecule has 0 spiro atoms. The Balaban J connectivity index is 1.78. The second-order valence-corrected chi connectivity index (χ2v) is 6.60. The fraction of sp³-hybridized carbons (Fsp3) is 0.250. The average Bonchev–Trinajstić information content (AvgIpc) is 2.67. The summed E-state index contributed by atoms with van der Waals surface area (Å²) in [5, 5.41) is 2.95. The number of carbonyl (C=O) groups excluding carboxylic acids is 1. The summed E-state index contributed by atoms with van der Waals surface area (Å²) in [6, 6.07) is 5.49. The van der Waals surface area contributed by atoms with Gasteiger partial charge in [-0.3, -0.25) is 4.79 Å². The van der Waals surface area contributed by atoms with Gasteiger partial charge in [-0.05, 0) is 31.5 Å². The van der Waals surface area contributed by atoms with Crippen molar-refractivity contribution in [1.82, 2.24) is 25.3 Å². The van der Waals surface area contributed by atoms with Gasteiger partial charge in [0.25, 0.3) is 5.91 Å². The number of aromatic nitrogens is 4. The Labute approximate surface area is 166 Å². The summed E-state index contributed by atoms with van der Waals surface area (Å²) >= 11 is 0. The fourth-order valence-electron chi connectivity index (χ4n) is 3.49. The van der Waals surface area contributed by atoms with Crippen molar-refractivity contribution in [3.8, 4) is 17.3 Å². The van der Waals surface area contributed by atoms with Crippen molar-refractivity contribution >= 4 is 11.9 Å². The Morgan fingerprint density at radius 3 is 2.90 bits per heavy atom. The van der Waals surface area contributed by atoms with E-state index in [1.165, 1.54) is 12.1 Å². The number of nitrogens with zero attached hydrogens (tertiary/aromatic N) is 4. The highest BCUT2D eigenvalue weighted by molar-refractivity contribution is 5.98. The standard InChI is InChI=1S/C20H19FN6O2/c1-3-29-16-6-7-23-18(27-16)13-8-11(21)4-5-12(13)14-9-15-17(19(28)25-14)10(2)24-20(22)26-15/h4-8,14H,3,9H2,1-2H3,(H,25,28)(H2,22,24,26)/t14-/m1/s1. The largest absolute Gasteiger partial charge is 0.478 e. The summed E-state index contributed by atoms with van der Waals surface area (Å²) in [5.41, 5.74) is 8.41. The maximum Gasteiger partial charge on any atom is 0.255 e. The van der Waals surface area contributed by atoms with Crippen LogP contribution in [-0.4, -0.2) is 32.4 Å². The number of ether oxygens (including phenoxy) is 1. The first-order chi connectivity index (χ1) is 14.0. The number of nitrogen functional groups attached to an aromatic ring is 1. The monoisotopic (exact) mass is 394 g/mol. The number of nitrogens with one attached hydrogen (secondary N) is 1. The number of hydrogen-bond acceptors (Lipinski definition) is 7. The van der Waals surface area contributed by atoms with Crippen LogP contribution >= 0.6 is 0 Å². The molecule has 1 aromatic carbocycles. The molecule has 0 bridgehead atoms. The average molecular weight is 394 g/mol. The lowest BCUT2D eigenvalue weighted by atomic mass is 9.91. The van der Waals surface area contributed by atoms with Crippen LogP contribution in [0.15, 0.2) is 30.5 Å². The van der Waals surface area contributed by atoms with Crippen LogP contribution in [0.4, 0.5) is 10.3 Å². The van der Waals surface area contributed by atoms with Gasteiger partial charge in [-0.1, -0.05) is 6.07 Å². The number of amides is 1. The zero-order valence-electron chi connectivity index (χ0n) is 15.9. The van der Waals surface area contributed by atoms with Crippen LogP contribution in [0.5, 0.6) is 5.88 Å². The fourth-order valence-corrected chi connectivity index (χ4v) is 3.49. The predicted octanol–water partition coefficient (Wildman–Crippen LogP) is 2.39. The van der Waals surface area contributed by atoms with Gasteiger partial charge in [0.15, 0.2) is 5.82 Å². The number of aryl methyl sites for hydroxylation is 1. The van der Waals surface area contributed by atoms with E-state index < -0.39 is 11.9 Å². The molecule has 0 fully saturated rings. The van der Waals surface area contributed by atoms with Crippen molar-refractivity contribution in [2.24, 2.45) is 0 Å². The SMILES string of the molecule is CCOc1ccnc(-c2cc(F)ccc2[C@H]2Cc3nc(N)nc(C)c3C(=O)N2)n1. The molecular formula is C20H19FN6O2. The zero-order chi connectivity index (χ0) is 20.5. The van der Waals surface area contributed by atoms with Crippen molar-refractivity contribution in [1.29, 1.82) is 0 Å². The van der Waals surface area contributed by atoms with Gasteiger partial charge in [0.1, 0.15) is 5.82 Å². The summed E-state index contributed by atoms with van der Waals surface area (Å²) in [7, 11) is 0. The van der Waals surface area contributed by atoms with Gasteiger partial charge < -0.3 is 15.8 Å². The van der Waals surface area contributed by atoms with Gasteiger partial charge in [-0.2, -0.15) is 4.98 Å². The number of fused-ring (bicyclic) bond motifs is 1. The lowest BCUT2D eigenvalue weighted by Crippen LogP contribution is -2.37. The second-order valence-electron chi connectivity index (χ2n) is 6.60. The molecule has 2 aromatic heterocycles. The zero-order valence-corrected chi connectivity index (χ0v) is 15.9. The molecule has 8 nitrogen and oxygen atoms in total. The third-order valence-corrected chi connectivity index (χ3v) is 4.67. The highest BCUT2D eigenvalue weighted by Gasteiger charge is 2.31. The van der Waals surface area contributed by atoms with E-state index >= 15 is 0 Å². The Morgan fingerprint density at radius 2 is 2.10 bits per heavy atom. The molecule has 1 aliphatic heterocycles. The Kier molecular flexibility index (Phi) is 4.79. The molecule has 3 aromatic rings. The molecule has 3 heterocycles. The molecule has 9 heteroatoms. The maximum absolute atomic E-state index is 14.1. The molecule has 1 amide bonds. The number of carbonyl (C=O) groups is 1. The Bertz CT molecular complexity index is 1100. The Morgan fingerprint density at radius 1 is 1.28 bits per heavy atom. The van der Waals surface area contributed by atoms with Crippen molar-refractivity contribution in [3.63, 3.8) is 0 Å². The molecule has 1 atom stereocenters. The van der Waals surface area contributed by atoms with Crippen molar-refractivity contribution < 1.29 is 13.9 Å². The second kappa shape index (κ2) is 7.42. The number of nitrogens with two attached hydrogens (primary N) is 1. The van der Waals surface area contributed by atoms with E-state index in [0.717, 1.165) is 0 Å². The van der Waals surface area contributed by atoms with Crippen LogP contribution in [0.2, 0.25) is 0 Å². The van der Waals surface area contributed by atoms with Gasteiger partial charge in [-0.25, -0.2) is 19.3 Å². The van der Waals surface area contributed by atoms with E-state index in [4.69, 9.17) is 10.5 Å². The Hall–Kier alpha value is -3.62.